The smallest absolute Gasteiger partial charge is 0.325 e. The maximum absolute atomic E-state index is 13.0. The van der Waals surface area contributed by atoms with Crippen LogP contribution in [-0.4, -0.2) is 31.7 Å². The molecule has 1 aliphatic rings. The average molecular weight is 469 g/mol. The second kappa shape index (κ2) is 9.23. The molecule has 2 aromatic rings. The van der Waals surface area contributed by atoms with Crippen LogP contribution in [0.15, 0.2) is 47.4 Å². The number of sulfonamides is 1. The van der Waals surface area contributed by atoms with Crippen LogP contribution in [-0.2, 0) is 21.0 Å². The number of benzene rings is 2. The molecule has 5 nitrogen and oxygen atoms in total. The van der Waals surface area contributed by atoms with E-state index in [0.717, 1.165) is 39.3 Å². The van der Waals surface area contributed by atoms with E-state index in [1.807, 2.05) is 39.0 Å². The Morgan fingerprint density at radius 3 is 2.31 bits per heavy atom. The van der Waals surface area contributed by atoms with Gasteiger partial charge in [0.15, 0.2) is 0 Å². The number of hydrogen-bond donors (Lipinski definition) is 1. The number of rotatable bonds is 5. The van der Waals surface area contributed by atoms with Gasteiger partial charge in [-0.15, -0.1) is 0 Å². The minimum Gasteiger partial charge on any atom is -0.325 e. The Morgan fingerprint density at radius 2 is 1.72 bits per heavy atom. The maximum Gasteiger partial charge on any atom is 0.416 e. The van der Waals surface area contributed by atoms with Crippen molar-refractivity contribution in [3.05, 3.63) is 59.2 Å². The fourth-order valence-electron chi connectivity index (χ4n) is 3.91. The Balaban J connectivity index is 1.70. The lowest BCUT2D eigenvalue weighted by molar-refractivity contribution is -0.137. The molecule has 0 atom stereocenters. The largest absolute Gasteiger partial charge is 0.416 e. The molecule has 3 rings (SSSR count). The van der Waals surface area contributed by atoms with Gasteiger partial charge in [-0.2, -0.15) is 17.5 Å². The predicted molar refractivity (Wildman–Crippen MR) is 117 cm³/mol. The van der Waals surface area contributed by atoms with Gasteiger partial charge in [0, 0.05) is 24.7 Å². The summed E-state index contributed by atoms with van der Waals surface area (Å²) in [5, 5.41) is 3.01. The number of para-hydroxylation sites is 1. The molecule has 0 aliphatic carbocycles. The van der Waals surface area contributed by atoms with E-state index < -0.39 is 26.7 Å². The molecular formula is C23H27F3N2O3S. The van der Waals surface area contributed by atoms with Crippen molar-refractivity contribution in [3.8, 4) is 0 Å². The highest BCUT2D eigenvalue weighted by atomic mass is 32.2. The van der Waals surface area contributed by atoms with Gasteiger partial charge < -0.3 is 5.32 Å². The number of aryl methyl sites for hydroxylation is 1. The molecule has 0 spiro atoms. The number of nitrogens with zero attached hydrogens (tertiary/aromatic N) is 1. The molecule has 1 amide bonds. The zero-order chi connectivity index (χ0) is 23.7. The molecule has 0 bridgehead atoms. The monoisotopic (exact) mass is 468 g/mol. The van der Waals surface area contributed by atoms with Crippen LogP contribution in [0, 0.1) is 12.8 Å². The van der Waals surface area contributed by atoms with Crippen LogP contribution in [0.3, 0.4) is 0 Å². The second-order valence-corrected chi connectivity index (χ2v) is 10.3. The number of hydrogen-bond acceptors (Lipinski definition) is 3. The first kappa shape index (κ1) is 24.3. The third-order valence-electron chi connectivity index (χ3n) is 5.80. The fourth-order valence-corrected chi connectivity index (χ4v) is 5.42. The van der Waals surface area contributed by atoms with E-state index in [1.54, 1.807) is 0 Å². The van der Waals surface area contributed by atoms with Gasteiger partial charge in [0.05, 0.1) is 10.5 Å². The number of halogens is 3. The summed E-state index contributed by atoms with van der Waals surface area (Å²) in [6.45, 7) is 6.15. The molecule has 0 saturated carbocycles. The third kappa shape index (κ3) is 5.15. The van der Waals surface area contributed by atoms with Gasteiger partial charge in [-0.25, -0.2) is 8.42 Å². The highest BCUT2D eigenvalue weighted by Crippen LogP contribution is 2.33. The SMILES string of the molecule is Cc1cccc(C(C)C)c1NC(=O)C1CCN(S(=O)(=O)c2cccc(C(F)(F)F)c2)CC1. The molecule has 2 aromatic carbocycles. The van der Waals surface area contributed by atoms with Crippen LogP contribution in [0.4, 0.5) is 18.9 Å². The van der Waals surface area contributed by atoms with E-state index in [0.29, 0.717) is 18.9 Å². The summed E-state index contributed by atoms with van der Waals surface area (Å²) in [5.41, 5.74) is 1.76. The highest BCUT2D eigenvalue weighted by molar-refractivity contribution is 7.89. The zero-order valence-corrected chi connectivity index (χ0v) is 19.1. The first-order chi connectivity index (χ1) is 14.9. The summed E-state index contributed by atoms with van der Waals surface area (Å²) in [6, 6.07) is 9.58. The van der Waals surface area contributed by atoms with Crippen LogP contribution < -0.4 is 5.32 Å². The van der Waals surface area contributed by atoms with E-state index in [1.165, 1.54) is 0 Å². The van der Waals surface area contributed by atoms with E-state index in [2.05, 4.69) is 5.32 Å². The number of carbonyl (C=O) groups is 1. The van der Waals surface area contributed by atoms with Gasteiger partial charge in [0.25, 0.3) is 0 Å². The lowest BCUT2D eigenvalue weighted by Crippen LogP contribution is -2.41. The van der Waals surface area contributed by atoms with Gasteiger partial charge in [-0.3, -0.25) is 4.79 Å². The topological polar surface area (TPSA) is 66.5 Å². The second-order valence-electron chi connectivity index (χ2n) is 8.39. The minimum atomic E-state index is -4.62. The van der Waals surface area contributed by atoms with Crippen molar-refractivity contribution >= 4 is 21.6 Å². The molecule has 32 heavy (non-hydrogen) atoms. The predicted octanol–water partition coefficient (Wildman–Crippen LogP) is 5.18. The highest BCUT2D eigenvalue weighted by Gasteiger charge is 2.35. The zero-order valence-electron chi connectivity index (χ0n) is 18.2. The molecule has 1 aliphatic heterocycles. The van der Waals surface area contributed by atoms with Crippen molar-refractivity contribution in [2.45, 2.75) is 50.6 Å². The van der Waals surface area contributed by atoms with Crippen LogP contribution >= 0.6 is 0 Å². The lowest BCUT2D eigenvalue weighted by Gasteiger charge is -2.31. The number of anilines is 1. The van der Waals surface area contributed by atoms with Crippen molar-refractivity contribution in [1.82, 2.24) is 4.31 Å². The lowest BCUT2D eigenvalue weighted by atomic mass is 9.95. The summed E-state index contributed by atoms with van der Waals surface area (Å²) in [6.07, 6.45) is -4.03. The number of amides is 1. The molecule has 0 unspecified atom stereocenters. The first-order valence-electron chi connectivity index (χ1n) is 10.5. The Kier molecular flexibility index (Phi) is 7.00. The molecule has 0 aromatic heterocycles. The number of carbonyl (C=O) groups excluding carboxylic acids is 1. The van der Waals surface area contributed by atoms with Crippen LogP contribution in [0.2, 0.25) is 0 Å². The first-order valence-corrected chi connectivity index (χ1v) is 11.9. The Hall–Kier alpha value is -2.39. The van der Waals surface area contributed by atoms with Crippen LogP contribution in [0.1, 0.15) is 49.3 Å². The molecule has 1 fully saturated rings. The molecular weight excluding hydrogens is 441 g/mol. The van der Waals surface area contributed by atoms with E-state index in [4.69, 9.17) is 0 Å². The van der Waals surface area contributed by atoms with Crippen molar-refractivity contribution in [3.63, 3.8) is 0 Å². The summed E-state index contributed by atoms with van der Waals surface area (Å²) >= 11 is 0. The molecule has 1 N–H and O–H groups in total. The Bertz CT molecular complexity index is 1090. The molecule has 1 heterocycles. The third-order valence-corrected chi connectivity index (χ3v) is 7.69. The van der Waals surface area contributed by atoms with Gasteiger partial charge >= 0.3 is 6.18 Å². The quantitative estimate of drug-likeness (QED) is 0.658. The summed E-state index contributed by atoms with van der Waals surface area (Å²) < 4.78 is 65.8. The Labute approximate surface area is 186 Å². The van der Waals surface area contributed by atoms with Crippen molar-refractivity contribution in [2.75, 3.05) is 18.4 Å². The van der Waals surface area contributed by atoms with Gasteiger partial charge in [-0.1, -0.05) is 38.1 Å². The van der Waals surface area contributed by atoms with E-state index in [-0.39, 0.29) is 30.8 Å². The number of nitrogens with one attached hydrogen (secondary N) is 1. The van der Waals surface area contributed by atoms with Gasteiger partial charge in [0.2, 0.25) is 15.9 Å². The summed E-state index contributed by atoms with van der Waals surface area (Å²) in [5.74, 6) is -0.315. The van der Waals surface area contributed by atoms with Crippen molar-refractivity contribution in [1.29, 1.82) is 0 Å². The maximum atomic E-state index is 13.0. The molecule has 0 radical (unpaired) electrons. The van der Waals surface area contributed by atoms with Gasteiger partial charge in [-0.05, 0) is 55.0 Å². The Morgan fingerprint density at radius 1 is 1.09 bits per heavy atom. The van der Waals surface area contributed by atoms with E-state index in [9.17, 15) is 26.4 Å². The standard InChI is InChI=1S/C23H27F3N2O3S/c1-15(2)20-9-4-6-16(3)21(20)27-22(29)17-10-12-28(13-11-17)32(30,31)19-8-5-7-18(14-19)23(24,25)26/h4-9,14-15,17H,10-13H2,1-3H3,(H,27,29). The number of alkyl halides is 3. The minimum absolute atomic E-state index is 0.0709. The van der Waals surface area contributed by atoms with Crippen molar-refractivity contribution in [2.24, 2.45) is 5.92 Å². The average Bonchev–Trinajstić information content (AvgIpc) is 2.74. The van der Waals surface area contributed by atoms with Crippen LogP contribution in [0.25, 0.3) is 0 Å². The van der Waals surface area contributed by atoms with Crippen LogP contribution in [0.5, 0.6) is 0 Å². The van der Waals surface area contributed by atoms with E-state index >= 15 is 0 Å². The summed E-state index contributed by atoms with van der Waals surface area (Å²) in [7, 11) is -4.08. The van der Waals surface area contributed by atoms with Crippen molar-refractivity contribution < 1.29 is 26.4 Å². The normalized spacial score (nSPS) is 16.3. The molecule has 174 valence electrons. The molecule has 1 saturated heterocycles. The summed E-state index contributed by atoms with van der Waals surface area (Å²) in [4.78, 5) is 12.5. The van der Waals surface area contributed by atoms with Gasteiger partial charge in [0.1, 0.15) is 0 Å². The molecule has 9 heteroatoms. The fraction of sp³-hybridized carbons (Fsp3) is 0.435. The number of piperidine rings is 1.